The van der Waals surface area contributed by atoms with Gasteiger partial charge in [0.05, 0.1) is 6.61 Å². The SMILES string of the molecule is COC/C=C/C(=O)N1CCN(C)CC1. The van der Waals surface area contributed by atoms with E-state index in [1.165, 1.54) is 0 Å². The van der Waals surface area contributed by atoms with Crippen molar-refractivity contribution < 1.29 is 9.53 Å². The van der Waals surface area contributed by atoms with Gasteiger partial charge in [0.15, 0.2) is 0 Å². The number of rotatable bonds is 3. The Balaban J connectivity index is 2.30. The highest BCUT2D eigenvalue weighted by molar-refractivity contribution is 5.87. The van der Waals surface area contributed by atoms with Crippen molar-refractivity contribution >= 4 is 5.91 Å². The lowest BCUT2D eigenvalue weighted by atomic mass is 10.3. The third-order valence-electron chi connectivity index (χ3n) is 2.34. The van der Waals surface area contributed by atoms with Crippen LogP contribution in [0.4, 0.5) is 0 Å². The fraction of sp³-hybridized carbons (Fsp3) is 0.700. The van der Waals surface area contributed by atoms with Gasteiger partial charge in [-0.25, -0.2) is 0 Å². The van der Waals surface area contributed by atoms with Crippen molar-refractivity contribution in [2.45, 2.75) is 0 Å². The largest absolute Gasteiger partial charge is 0.381 e. The second-order valence-electron chi connectivity index (χ2n) is 3.49. The lowest BCUT2D eigenvalue weighted by Crippen LogP contribution is -2.46. The average Bonchev–Trinajstić information content (AvgIpc) is 2.19. The summed E-state index contributed by atoms with van der Waals surface area (Å²) in [5.74, 6) is 0.0927. The lowest BCUT2D eigenvalue weighted by molar-refractivity contribution is -0.127. The second kappa shape index (κ2) is 5.78. The van der Waals surface area contributed by atoms with Crippen LogP contribution in [0, 0.1) is 0 Å². The molecule has 0 aromatic heterocycles. The van der Waals surface area contributed by atoms with Crippen LogP contribution in [0.1, 0.15) is 0 Å². The molecule has 1 aliphatic rings. The molecule has 0 N–H and O–H groups in total. The summed E-state index contributed by atoms with van der Waals surface area (Å²) in [6.45, 7) is 4.08. The van der Waals surface area contributed by atoms with Gasteiger partial charge < -0.3 is 14.5 Å². The molecule has 0 aliphatic carbocycles. The van der Waals surface area contributed by atoms with Crippen LogP contribution in [0.5, 0.6) is 0 Å². The molecule has 80 valence electrons. The zero-order valence-electron chi connectivity index (χ0n) is 8.90. The molecule has 4 heteroatoms. The van der Waals surface area contributed by atoms with E-state index in [1.807, 2.05) is 4.90 Å². The van der Waals surface area contributed by atoms with Gasteiger partial charge in [-0.3, -0.25) is 4.79 Å². The minimum absolute atomic E-state index is 0.0927. The van der Waals surface area contributed by atoms with Crippen LogP contribution in [0.3, 0.4) is 0 Å². The van der Waals surface area contributed by atoms with Crippen LogP contribution in [0.15, 0.2) is 12.2 Å². The molecular weight excluding hydrogens is 180 g/mol. The maximum atomic E-state index is 11.5. The van der Waals surface area contributed by atoms with Gasteiger partial charge in [0.2, 0.25) is 5.91 Å². The van der Waals surface area contributed by atoms with Crippen molar-refractivity contribution in [3.63, 3.8) is 0 Å². The zero-order valence-corrected chi connectivity index (χ0v) is 8.90. The highest BCUT2D eigenvalue weighted by Gasteiger charge is 2.16. The first-order valence-corrected chi connectivity index (χ1v) is 4.87. The van der Waals surface area contributed by atoms with Crippen LogP contribution in [-0.4, -0.2) is 62.7 Å². The van der Waals surface area contributed by atoms with E-state index >= 15 is 0 Å². The average molecular weight is 198 g/mol. The minimum atomic E-state index is 0.0927. The maximum Gasteiger partial charge on any atom is 0.246 e. The van der Waals surface area contributed by atoms with Crippen LogP contribution in [0.2, 0.25) is 0 Å². The number of nitrogens with zero attached hydrogens (tertiary/aromatic N) is 2. The van der Waals surface area contributed by atoms with E-state index in [4.69, 9.17) is 4.74 Å². The van der Waals surface area contributed by atoms with Crippen molar-refractivity contribution in [2.24, 2.45) is 0 Å². The molecule has 0 atom stereocenters. The molecule has 0 bridgehead atoms. The Morgan fingerprint density at radius 2 is 2.00 bits per heavy atom. The molecule has 1 rings (SSSR count). The molecule has 14 heavy (non-hydrogen) atoms. The van der Waals surface area contributed by atoms with Crippen molar-refractivity contribution in [3.05, 3.63) is 12.2 Å². The monoisotopic (exact) mass is 198 g/mol. The summed E-state index contributed by atoms with van der Waals surface area (Å²) in [7, 11) is 3.69. The smallest absolute Gasteiger partial charge is 0.246 e. The molecule has 0 aromatic carbocycles. The van der Waals surface area contributed by atoms with Crippen molar-refractivity contribution in [1.29, 1.82) is 0 Å². The third kappa shape index (κ3) is 3.47. The molecule has 1 fully saturated rings. The number of methoxy groups -OCH3 is 1. The summed E-state index contributed by atoms with van der Waals surface area (Å²) in [4.78, 5) is 15.6. The van der Waals surface area contributed by atoms with Crippen molar-refractivity contribution in [2.75, 3.05) is 46.9 Å². The molecule has 1 saturated heterocycles. The van der Waals surface area contributed by atoms with E-state index in [9.17, 15) is 4.79 Å². The Bertz CT molecular complexity index is 208. The fourth-order valence-electron chi connectivity index (χ4n) is 1.38. The molecule has 1 heterocycles. The summed E-state index contributed by atoms with van der Waals surface area (Å²) in [5.41, 5.74) is 0. The van der Waals surface area contributed by atoms with E-state index in [1.54, 1.807) is 19.3 Å². The van der Waals surface area contributed by atoms with Gasteiger partial charge in [-0.15, -0.1) is 0 Å². The standard InChI is InChI=1S/C10H18N2O2/c1-11-5-7-12(8-6-11)10(13)4-3-9-14-2/h3-4H,5-9H2,1-2H3/b4-3+. The predicted octanol–water partition coefficient (Wildman–Crippen LogP) is -0.0370. The molecule has 0 radical (unpaired) electrons. The number of hydrogen-bond donors (Lipinski definition) is 0. The van der Waals surface area contributed by atoms with Gasteiger partial charge in [-0.2, -0.15) is 0 Å². The van der Waals surface area contributed by atoms with Crippen LogP contribution in [0.25, 0.3) is 0 Å². The van der Waals surface area contributed by atoms with Gasteiger partial charge >= 0.3 is 0 Å². The van der Waals surface area contributed by atoms with Gasteiger partial charge in [0, 0.05) is 39.4 Å². The van der Waals surface area contributed by atoms with E-state index in [0.29, 0.717) is 6.61 Å². The Morgan fingerprint density at radius 3 is 2.57 bits per heavy atom. The number of piperazine rings is 1. The van der Waals surface area contributed by atoms with E-state index in [2.05, 4.69) is 11.9 Å². The quantitative estimate of drug-likeness (QED) is 0.597. The second-order valence-corrected chi connectivity index (χ2v) is 3.49. The Hall–Kier alpha value is -0.870. The number of hydrogen-bond acceptors (Lipinski definition) is 3. The number of ether oxygens (including phenoxy) is 1. The van der Waals surface area contributed by atoms with Crippen molar-refractivity contribution in [1.82, 2.24) is 9.80 Å². The zero-order chi connectivity index (χ0) is 10.4. The summed E-state index contributed by atoms with van der Waals surface area (Å²) >= 11 is 0. The first-order chi connectivity index (χ1) is 6.74. The number of amides is 1. The Morgan fingerprint density at radius 1 is 1.36 bits per heavy atom. The first kappa shape index (κ1) is 11.2. The van der Waals surface area contributed by atoms with E-state index in [0.717, 1.165) is 26.2 Å². The molecule has 0 saturated carbocycles. The summed E-state index contributed by atoms with van der Waals surface area (Å²) in [6, 6.07) is 0. The fourth-order valence-corrected chi connectivity index (χ4v) is 1.38. The Kier molecular flexibility index (Phi) is 4.62. The lowest BCUT2D eigenvalue weighted by Gasteiger charge is -2.31. The molecule has 0 spiro atoms. The summed E-state index contributed by atoms with van der Waals surface area (Å²) < 4.78 is 4.83. The summed E-state index contributed by atoms with van der Waals surface area (Å²) in [6.07, 6.45) is 3.34. The normalized spacial score (nSPS) is 19.1. The molecule has 0 aromatic rings. The van der Waals surface area contributed by atoms with Gasteiger partial charge in [-0.05, 0) is 7.05 Å². The highest BCUT2D eigenvalue weighted by atomic mass is 16.5. The Labute approximate surface area is 85.1 Å². The van der Waals surface area contributed by atoms with E-state index < -0.39 is 0 Å². The molecule has 4 nitrogen and oxygen atoms in total. The topological polar surface area (TPSA) is 32.8 Å². The number of carbonyl (C=O) groups excluding carboxylic acids is 1. The maximum absolute atomic E-state index is 11.5. The van der Waals surface area contributed by atoms with Crippen LogP contribution >= 0.6 is 0 Å². The van der Waals surface area contributed by atoms with Gasteiger partial charge in [0.25, 0.3) is 0 Å². The molecule has 1 aliphatic heterocycles. The first-order valence-electron chi connectivity index (χ1n) is 4.87. The number of likely N-dealkylation sites (N-methyl/N-ethyl adjacent to an activating group) is 1. The highest BCUT2D eigenvalue weighted by Crippen LogP contribution is 1.99. The van der Waals surface area contributed by atoms with Crippen molar-refractivity contribution in [3.8, 4) is 0 Å². The predicted molar refractivity (Wildman–Crippen MR) is 55.1 cm³/mol. The van der Waals surface area contributed by atoms with Crippen LogP contribution < -0.4 is 0 Å². The van der Waals surface area contributed by atoms with Gasteiger partial charge in [-0.1, -0.05) is 6.08 Å². The van der Waals surface area contributed by atoms with Gasteiger partial charge in [0.1, 0.15) is 0 Å². The number of carbonyl (C=O) groups is 1. The van der Waals surface area contributed by atoms with E-state index in [-0.39, 0.29) is 5.91 Å². The van der Waals surface area contributed by atoms with Crippen LogP contribution in [-0.2, 0) is 9.53 Å². The summed E-state index contributed by atoms with van der Waals surface area (Å²) in [5, 5.41) is 0. The molecule has 0 unspecified atom stereocenters. The molecule has 1 amide bonds. The third-order valence-corrected chi connectivity index (χ3v) is 2.34. The molecular formula is C10H18N2O2. The minimum Gasteiger partial charge on any atom is -0.381 e.